The highest BCUT2D eigenvalue weighted by molar-refractivity contribution is 5.91. The Balaban J connectivity index is 2.86. The molecule has 4 N–H and O–H groups in total. The van der Waals surface area contributed by atoms with Gasteiger partial charge in [0, 0.05) is 13.3 Å². The second-order valence-corrected chi connectivity index (χ2v) is 6.32. The topological polar surface area (TPSA) is 128 Å². The first kappa shape index (κ1) is 22.1. The van der Waals surface area contributed by atoms with Crippen LogP contribution in [0.1, 0.15) is 32.8 Å². The average Bonchev–Trinajstić information content (AvgIpc) is 2.59. The van der Waals surface area contributed by atoms with E-state index >= 15 is 0 Å². The van der Waals surface area contributed by atoms with E-state index in [1.807, 2.05) is 30.3 Å². The normalized spacial score (nSPS) is 13.7. The molecule has 0 spiro atoms. The fourth-order valence-electron chi connectivity index (χ4n) is 2.65. The van der Waals surface area contributed by atoms with Crippen molar-refractivity contribution in [2.45, 2.75) is 45.7 Å². The van der Waals surface area contributed by atoms with Crippen LogP contribution >= 0.6 is 0 Å². The van der Waals surface area contributed by atoms with Gasteiger partial charge in [-0.15, -0.1) is 0 Å². The molecule has 0 aliphatic carbocycles. The molecule has 0 radical (unpaired) electrons. The zero-order valence-corrected chi connectivity index (χ0v) is 15.9. The zero-order chi connectivity index (χ0) is 20.4. The van der Waals surface area contributed by atoms with Crippen molar-refractivity contribution in [3.8, 4) is 0 Å². The van der Waals surface area contributed by atoms with E-state index in [1.54, 1.807) is 13.8 Å². The fraction of sp³-hybridized carbons (Fsp3) is 0.474. The Labute approximate surface area is 158 Å². The second kappa shape index (κ2) is 10.9. The van der Waals surface area contributed by atoms with Crippen molar-refractivity contribution >= 4 is 23.7 Å². The van der Waals surface area contributed by atoms with Gasteiger partial charge in [-0.2, -0.15) is 0 Å². The van der Waals surface area contributed by atoms with E-state index in [1.165, 1.54) is 6.92 Å². The van der Waals surface area contributed by atoms with E-state index in [2.05, 4.69) is 10.6 Å². The zero-order valence-electron chi connectivity index (χ0n) is 15.9. The molecule has 1 rings (SSSR count). The van der Waals surface area contributed by atoms with E-state index in [0.29, 0.717) is 0 Å². The van der Waals surface area contributed by atoms with Gasteiger partial charge in [0.2, 0.25) is 17.7 Å². The lowest BCUT2D eigenvalue weighted by Crippen LogP contribution is -2.55. The maximum absolute atomic E-state index is 12.7. The third-order valence-corrected chi connectivity index (χ3v) is 3.94. The Morgan fingerprint density at radius 2 is 1.74 bits per heavy atom. The Morgan fingerprint density at radius 1 is 1.11 bits per heavy atom. The molecular formula is C19H27N3O5. The van der Waals surface area contributed by atoms with Gasteiger partial charge in [-0.05, 0) is 18.4 Å². The summed E-state index contributed by atoms with van der Waals surface area (Å²) in [5.74, 6) is -2.72. The Bertz CT molecular complexity index is 663. The number of amides is 3. The molecule has 3 amide bonds. The van der Waals surface area contributed by atoms with Gasteiger partial charge in [0.25, 0.3) is 0 Å². The number of benzene rings is 1. The van der Waals surface area contributed by atoms with Crippen LogP contribution in [0.15, 0.2) is 30.3 Å². The highest BCUT2D eigenvalue weighted by Gasteiger charge is 2.30. The lowest BCUT2D eigenvalue weighted by Gasteiger charge is -2.25. The number of carbonyl (C=O) groups is 4. The molecular weight excluding hydrogens is 350 g/mol. The molecule has 0 fully saturated rings. The maximum atomic E-state index is 12.7. The van der Waals surface area contributed by atoms with Crippen LogP contribution in [0.25, 0.3) is 0 Å². The number of hydrogen-bond acceptors (Lipinski definition) is 5. The maximum Gasteiger partial charge on any atom is 0.306 e. The van der Waals surface area contributed by atoms with Crippen molar-refractivity contribution < 1.29 is 23.9 Å². The molecule has 0 heterocycles. The van der Waals surface area contributed by atoms with Crippen molar-refractivity contribution in [1.29, 1.82) is 0 Å². The molecule has 0 aromatic heterocycles. The standard InChI is InChI=1S/C19H27N3O5/c1-4-27-16(24)10-12(2)17(18(20)25)22-19(26)15(21-13(3)23)11-14-8-6-5-7-9-14/h5-9,12,15,17H,4,10-11H2,1-3H3,(H2,20,25)(H,21,23)(H,22,26)/t12-,15+,17-/m1/s1. The quantitative estimate of drug-likeness (QED) is 0.505. The third kappa shape index (κ3) is 7.89. The van der Waals surface area contributed by atoms with Crippen LogP contribution in [-0.2, 0) is 30.3 Å². The van der Waals surface area contributed by atoms with Crippen molar-refractivity contribution in [3.05, 3.63) is 35.9 Å². The molecule has 8 nitrogen and oxygen atoms in total. The summed E-state index contributed by atoms with van der Waals surface area (Å²) in [6, 6.07) is 7.22. The summed E-state index contributed by atoms with van der Waals surface area (Å²) in [5.41, 5.74) is 6.25. The van der Waals surface area contributed by atoms with Crippen LogP contribution in [0.3, 0.4) is 0 Å². The van der Waals surface area contributed by atoms with Gasteiger partial charge in [-0.3, -0.25) is 19.2 Å². The van der Waals surface area contributed by atoms with Crippen LogP contribution in [-0.4, -0.2) is 42.4 Å². The Morgan fingerprint density at radius 3 is 2.26 bits per heavy atom. The van der Waals surface area contributed by atoms with E-state index in [4.69, 9.17) is 10.5 Å². The molecule has 8 heteroatoms. The molecule has 1 aromatic rings. The van der Waals surface area contributed by atoms with Crippen LogP contribution in [0, 0.1) is 5.92 Å². The Kier molecular flexibility index (Phi) is 8.98. The summed E-state index contributed by atoms with van der Waals surface area (Å²) in [6.07, 6.45) is 0.190. The van der Waals surface area contributed by atoms with Crippen LogP contribution < -0.4 is 16.4 Å². The van der Waals surface area contributed by atoms with Gasteiger partial charge in [-0.1, -0.05) is 37.3 Å². The summed E-state index contributed by atoms with van der Waals surface area (Å²) in [7, 11) is 0. The number of esters is 1. The fourth-order valence-corrected chi connectivity index (χ4v) is 2.65. The molecule has 0 bridgehead atoms. The molecule has 27 heavy (non-hydrogen) atoms. The number of hydrogen-bond donors (Lipinski definition) is 3. The largest absolute Gasteiger partial charge is 0.466 e. The van der Waals surface area contributed by atoms with Crippen molar-refractivity contribution in [1.82, 2.24) is 10.6 Å². The number of primary amides is 1. The number of ether oxygens (including phenoxy) is 1. The average molecular weight is 377 g/mol. The van der Waals surface area contributed by atoms with Gasteiger partial charge < -0.3 is 21.1 Å². The van der Waals surface area contributed by atoms with Gasteiger partial charge in [0.05, 0.1) is 13.0 Å². The van der Waals surface area contributed by atoms with Crippen molar-refractivity contribution in [2.75, 3.05) is 6.61 Å². The van der Waals surface area contributed by atoms with Crippen LogP contribution in [0.4, 0.5) is 0 Å². The highest BCUT2D eigenvalue weighted by Crippen LogP contribution is 2.11. The molecule has 0 unspecified atom stereocenters. The third-order valence-electron chi connectivity index (χ3n) is 3.94. The molecule has 0 saturated heterocycles. The lowest BCUT2D eigenvalue weighted by molar-refractivity contribution is -0.145. The van der Waals surface area contributed by atoms with Gasteiger partial charge in [0.1, 0.15) is 12.1 Å². The predicted molar refractivity (Wildman–Crippen MR) is 99.3 cm³/mol. The smallest absolute Gasteiger partial charge is 0.306 e. The van der Waals surface area contributed by atoms with Gasteiger partial charge in [0.15, 0.2) is 0 Å². The molecule has 0 saturated carbocycles. The minimum Gasteiger partial charge on any atom is -0.466 e. The summed E-state index contributed by atoms with van der Waals surface area (Å²) in [6.45, 7) is 4.83. The molecule has 1 aromatic carbocycles. The molecule has 0 aliphatic rings. The Hall–Kier alpha value is -2.90. The number of carbonyl (C=O) groups excluding carboxylic acids is 4. The van der Waals surface area contributed by atoms with Gasteiger partial charge >= 0.3 is 5.97 Å². The molecule has 148 valence electrons. The molecule has 0 aliphatic heterocycles. The van der Waals surface area contributed by atoms with E-state index < -0.39 is 35.8 Å². The van der Waals surface area contributed by atoms with Crippen molar-refractivity contribution in [3.63, 3.8) is 0 Å². The summed E-state index contributed by atoms with van der Waals surface area (Å²) in [4.78, 5) is 47.6. The lowest BCUT2D eigenvalue weighted by atomic mass is 9.96. The van der Waals surface area contributed by atoms with Crippen molar-refractivity contribution in [2.24, 2.45) is 11.7 Å². The first-order valence-corrected chi connectivity index (χ1v) is 8.80. The van der Waals surface area contributed by atoms with E-state index in [0.717, 1.165) is 5.56 Å². The summed E-state index contributed by atoms with van der Waals surface area (Å²) in [5, 5.41) is 5.13. The second-order valence-electron chi connectivity index (χ2n) is 6.32. The van der Waals surface area contributed by atoms with Crippen LogP contribution in [0.5, 0.6) is 0 Å². The number of rotatable bonds is 10. The number of nitrogens with two attached hydrogens (primary N) is 1. The first-order valence-electron chi connectivity index (χ1n) is 8.80. The molecule has 3 atom stereocenters. The minimum absolute atomic E-state index is 0.0643. The first-order chi connectivity index (χ1) is 12.7. The van der Waals surface area contributed by atoms with E-state index in [9.17, 15) is 19.2 Å². The monoisotopic (exact) mass is 377 g/mol. The minimum atomic E-state index is -1.06. The SMILES string of the molecule is CCOC(=O)C[C@@H](C)[C@@H](NC(=O)[C@H](Cc1ccccc1)NC(C)=O)C(N)=O. The predicted octanol–water partition coefficient (Wildman–Crippen LogP) is 0.293. The van der Waals surface area contributed by atoms with E-state index in [-0.39, 0.29) is 25.4 Å². The summed E-state index contributed by atoms with van der Waals surface area (Å²) >= 11 is 0. The highest BCUT2D eigenvalue weighted by atomic mass is 16.5. The van der Waals surface area contributed by atoms with Crippen LogP contribution in [0.2, 0.25) is 0 Å². The summed E-state index contributed by atoms with van der Waals surface area (Å²) < 4.78 is 4.87. The van der Waals surface area contributed by atoms with Gasteiger partial charge in [-0.25, -0.2) is 0 Å². The number of nitrogens with one attached hydrogen (secondary N) is 2.